The normalized spacial score (nSPS) is 15.8. The van der Waals surface area contributed by atoms with Gasteiger partial charge < -0.3 is 10.1 Å². The predicted molar refractivity (Wildman–Crippen MR) is 123 cm³/mol. The van der Waals surface area contributed by atoms with Crippen LogP contribution in [-0.4, -0.2) is 70.4 Å². The molecule has 3 rings (SSSR count). The van der Waals surface area contributed by atoms with E-state index in [0.717, 1.165) is 38.9 Å². The topological polar surface area (TPSA) is 79.0 Å². The molecule has 0 radical (unpaired) electrons. The van der Waals surface area contributed by atoms with Crippen molar-refractivity contribution in [1.29, 1.82) is 0 Å². The molecule has 31 heavy (non-hydrogen) atoms. The summed E-state index contributed by atoms with van der Waals surface area (Å²) in [6, 6.07) is 10.6. The Morgan fingerprint density at radius 3 is 2.52 bits per heavy atom. The summed E-state index contributed by atoms with van der Waals surface area (Å²) in [5.41, 5.74) is 0. The number of hydrogen-bond acceptors (Lipinski definition) is 6. The minimum Gasteiger partial charge on any atom is -0.492 e. The van der Waals surface area contributed by atoms with Gasteiger partial charge in [-0.1, -0.05) is 6.07 Å². The number of sulfonamides is 1. The van der Waals surface area contributed by atoms with E-state index in [4.69, 9.17) is 4.74 Å². The van der Waals surface area contributed by atoms with Crippen LogP contribution < -0.4 is 10.1 Å². The molecule has 0 bridgehead atoms. The number of nitrogens with one attached hydrogen (secondary N) is 1. The molecule has 1 aromatic carbocycles. The average molecular weight is 466 g/mol. The Hall–Kier alpha value is -1.94. The first-order valence-electron chi connectivity index (χ1n) is 10.5. The quantitative estimate of drug-likeness (QED) is 0.583. The van der Waals surface area contributed by atoms with Crippen LogP contribution in [0.15, 0.2) is 46.7 Å². The Balaban J connectivity index is 1.33. The number of piperidine rings is 1. The summed E-state index contributed by atoms with van der Waals surface area (Å²) in [6.07, 6.45) is 2.62. The molecule has 1 aliphatic heterocycles. The number of carbonyl (C=O) groups excluding carboxylic acids is 1. The van der Waals surface area contributed by atoms with Crippen LogP contribution >= 0.6 is 11.3 Å². The van der Waals surface area contributed by atoms with Crippen molar-refractivity contribution in [2.45, 2.75) is 24.2 Å². The lowest BCUT2D eigenvalue weighted by Crippen LogP contribution is -2.42. The summed E-state index contributed by atoms with van der Waals surface area (Å²) in [4.78, 5) is 16.2. The summed E-state index contributed by atoms with van der Waals surface area (Å²) < 4.78 is 31.2. The van der Waals surface area contributed by atoms with E-state index < -0.39 is 10.0 Å². The fourth-order valence-corrected chi connectivity index (χ4v) is 5.15. The van der Waals surface area contributed by atoms with E-state index in [1.807, 2.05) is 6.07 Å². The van der Waals surface area contributed by atoms with Crippen LogP contribution in [0.5, 0.6) is 5.75 Å². The molecule has 0 spiro atoms. The highest BCUT2D eigenvalue weighted by Crippen LogP contribution is 2.19. The molecule has 0 atom stereocenters. The molecular formula is C22H31N3O4S2. The number of carbonyl (C=O) groups is 1. The summed E-state index contributed by atoms with van der Waals surface area (Å²) >= 11 is 1.72. The second-order valence-electron chi connectivity index (χ2n) is 7.84. The molecule has 1 aromatic heterocycles. The van der Waals surface area contributed by atoms with Crippen molar-refractivity contribution in [3.63, 3.8) is 0 Å². The molecule has 1 fully saturated rings. The first kappa shape index (κ1) is 23.7. The number of hydrogen-bond donors (Lipinski definition) is 1. The Morgan fingerprint density at radius 1 is 1.19 bits per heavy atom. The molecule has 2 aromatic rings. The number of benzene rings is 1. The summed E-state index contributed by atoms with van der Waals surface area (Å²) in [6.45, 7) is 3.77. The van der Waals surface area contributed by atoms with Gasteiger partial charge in [0, 0.05) is 38.0 Å². The summed E-state index contributed by atoms with van der Waals surface area (Å²) in [5.74, 6) is 0.907. The van der Waals surface area contributed by atoms with Crippen LogP contribution in [0.4, 0.5) is 0 Å². The Kier molecular flexibility index (Phi) is 8.48. The van der Waals surface area contributed by atoms with E-state index >= 15 is 0 Å². The first-order valence-corrected chi connectivity index (χ1v) is 12.9. The van der Waals surface area contributed by atoms with Crippen molar-refractivity contribution >= 4 is 27.3 Å². The van der Waals surface area contributed by atoms with E-state index in [9.17, 15) is 13.2 Å². The Bertz CT molecular complexity index is 920. The fourth-order valence-electron chi connectivity index (χ4n) is 3.54. The monoisotopic (exact) mass is 465 g/mol. The number of thiophene rings is 1. The third kappa shape index (κ3) is 6.77. The van der Waals surface area contributed by atoms with E-state index in [1.165, 1.54) is 23.3 Å². The van der Waals surface area contributed by atoms with Gasteiger partial charge >= 0.3 is 0 Å². The molecule has 0 saturated carbocycles. The summed E-state index contributed by atoms with van der Waals surface area (Å²) in [5, 5.41) is 5.13. The van der Waals surface area contributed by atoms with E-state index in [-0.39, 0.29) is 16.7 Å². The van der Waals surface area contributed by atoms with Gasteiger partial charge in [-0.05, 0) is 68.1 Å². The molecule has 0 aliphatic carbocycles. The molecule has 9 heteroatoms. The molecule has 1 aliphatic rings. The smallest absolute Gasteiger partial charge is 0.242 e. The standard InChI is InChI=1S/C22H31N3O4S2/c1-24(2)31(27,28)21-7-5-19(6-8-21)29-16-15-25-13-10-18(11-14-25)22(26)23-12-9-20-4-3-17-30-20/h3-8,17-18H,9-16H2,1-2H3,(H,23,26). The van der Waals surface area contributed by atoms with Crippen molar-refractivity contribution < 1.29 is 17.9 Å². The number of likely N-dealkylation sites (tertiary alicyclic amines) is 1. The second-order valence-corrected chi connectivity index (χ2v) is 11.0. The first-order chi connectivity index (χ1) is 14.9. The van der Waals surface area contributed by atoms with Gasteiger partial charge in [0.2, 0.25) is 15.9 Å². The van der Waals surface area contributed by atoms with Crippen molar-refractivity contribution in [3.8, 4) is 5.75 Å². The van der Waals surface area contributed by atoms with E-state index in [2.05, 4.69) is 21.7 Å². The molecule has 1 N–H and O–H groups in total. The average Bonchev–Trinajstić information content (AvgIpc) is 3.28. The Morgan fingerprint density at radius 2 is 1.90 bits per heavy atom. The number of ether oxygens (including phenoxy) is 1. The lowest BCUT2D eigenvalue weighted by molar-refractivity contribution is -0.126. The zero-order valence-corrected chi connectivity index (χ0v) is 19.8. The maximum Gasteiger partial charge on any atom is 0.242 e. The molecule has 2 heterocycles. The molecule has 1 saturated heterocycles. The van der Waals surface area contributed by atoms with Crippen LogP contribution in [0.2, 0.25) is 0 Å². The van der Waals surface area contributed by atoms with E-state index in [0.29, 0.717) is 18.9 Å². The highest BCUT2D eigenvalue weighted by atomic mass is 32.2. The lowest BCUT2D eigenvalue weighted by atomic mass is 9.96. The van der Waals surface area contributed by atoms with Gasteiger partial charge in [0.15, 0.2) is 0 Å². The minimum atomic E-state index is -3.42. The predicted octanol–water partition coefficient (Wildman–Crippen LogP) is 2.45. The maximum atomic E-state index is 12.4. The Labute approximate surface area is 189 Å². The van der Waals surface area contributed by atoms with Gasteiger partial charge in [0.1, 0.15) is 12.4 Å². The van der Waals surface area contributed by atoms with Gasteiger partial charge in [-0.3, -0.25) is 9.69 Å². The SMILES string of the molecule is CN(C)S(=O)(=O)c1ccc(OCCN2CCC(C(=O)NCCc3cccs3)CC2)cc1. The molecule has 170 valence electrons. The van der Waals surface area contributed by atoms with Gasteiger partial charge in [0.25, 0.3) is 0 Å². The fraction of sp³-hybridized carbons (Fsp3) is 0.500. The summed E-state index contributed by atoms with van der Waals surface area (Å²) in [7, 11) is -0.401. The third-order valence-corrected chi connectivity index (χ3v) is 8.25. The molecule has 0 unspecified atom stereocenters. The maximum absolute atomic E-state index is 12.4. The van der Waals surface area contributed by atoms with Crippen molar-refractivity contribution in [2.75, 3.05) is 46.9 Å². The van der Waals surface area contributed by atoms with Crippen molar-refractivity contribution in [2.24, 2.45) is 5.92 Å². The number of nitrogens with zero attached hydrogens (tertiary/aromatic N) is 2. The largest absolute Gasteiger partial charge is 0.492 e. The van der Waals surface area contributed by atoms with Gasteiger partial charge in [-0.2, -0.15) is 0 Å². The molecule has 1 amide bonds. The highest BCUT2D eigenvalue weighted by Gasteiger charge is 2.24. The lowest BCUT2D eigenvalue weighted by Gasteiger charge is -2.31. The molecule has 7 nitrogen and oxygen atoms in total. The minimum absolute atomic E-state index is 0.0895. The van der Waals surface area contributed by atoms with Crippen LogP contribution in [0.25, 0.3) is 0 Å². The zero-order chi connectivity index (χ0) is 22.3. The van der Waals surface area contributed by atoms with Gasteiger partial charge in [-0.25, -0.2) is 12.7 Å². The van der Waals surface area contributed by atoms with Gasteiger partial charge in [0.05, 0.1) is 4.90 Å². The molecular weight excluding hydrogens is 434 g/mol. The number of rotatable bonds is 10. The van der Waals surface area contributed by atoms with Crippen LogP contribution in [0.3, 0.4) is 0 Å². The highest BCUT2D eigenvalue weighted by molar-refractivity contribution is 7.89. The van der Waals surface area contributed by atoms with Crippen LogP contribution in [0, 0.1) is 5.92 Å². The van der Waals surface area contributed by atoms with Crippen LogP contribution in [-0.2, 0) is 21.2 Å². The van der Waals surface area contributed by atoms with Gasteiger partial charge in [-0.15, -0.1) is 11.3 Å². The van der Waals surface area contributed by atoms with E-state index in [1.54, 1.807) is 35.6 Å². The van der Waals surface area contributed by atoms with Crippen LogP contribution in [0.1, 0.15) is 17.7 Å². The third-order valence-electron chi connectivity index (χ3n) is 5.49. The zero-order valence-electron chi connectivity index (χ0n) is 18.1. The second kappa shape index (κ2) is 11.1. The number of amides is 1. The van der Waals surface area contributed by atoms with Crippen molar-refractivity contribution in [3.05, 3.63) is 46.7 Å². The van der Waals surface area contributed by atoms with Crippen molar-refractivity contribution in [1.82, 2.24) is 14.5 Å².